The lowest BCUT2D eigenvalue weighted by Crippen LogP contribution is -2.24. The summed E-state index contributed by atoms with van der Waals surface area (Å²) in [6.07, 6.45) is 7.15. The number of benzene rings is 1. The quantitative estimate of drug-likeness (QED) is 0.726. The molecule has 0 radical (unpaired) electrons. The molecule has 0 spiro atoms. The van der Waals surface area contributed by atoms with E-state index in [2.05, 4.69) is 55.0 Å². The number of rotatable bonds is 4. The highest BCUT2D eigenvalue weighted by atomic mass is 16.3. The minimum atomic E-state index is 0.170. The smallest absolute Gasteiger partial charge is 0.117 e. The number of hydrogen-bond acceptors (Lipinski definition) is 3. The Balaban J connectivity index is 1.56. The zero-order valence-electron chi connectivity index (χ0n) is 15.8. The Morgan fingerprint density at radius 3 is 2.69 bits per heavy atom. The Morgan fingerprint density at radius 1 is 1.19 bits per heavy atom. The minimum absolute atomic E-state index is 0.170. The molecule has 3 aromatic rings. The lowest BCUT2D eigenvalue weighted by atomic mass is 9.87. The molecule has 136 valence electrons. The monoisotopic (exact) mass is 349 g/mol. The molecule has 0 saturated carbocycles. The van der Waals surface area contributed by atoms with Gasteiger partial charge in [-0.1, -0.05) is 32.9 Å². The highest BCUT2D eigenvalue weighted by Gasteiger charge is 2.25. The zero-order chi connectivity index (χ0) is 18.1. The fourth-order valence-electron chi connectivity index (χ4n) is 3.73. The third-order valence-electron chi connectivity index (χ3n) is 5.26. The maximum Gasteiger partial charge on any atom is 0.117 e. The van der Waals surface area contributed by atoms with Gasteiger partial charge in [-0.05, 0) is 54.5 Å². The predicted molar refractivity (Wildman–Crippen MR) is 103 cm³/mol. The molecule has 1 aromatic carbocycles. The molecule has 0 unspecified atom stereocenters. The second kappa shape index (κ2) is 6.76. The van der Waals surface area contributed by atoms with Gasteiger partial charge in [-0.15, -0.1) is 0 Å². The van der Waals surface area contributed by atoms with Crippen LogP contribution in [-0.2, 0) is 18.4 Å². The van der Waals surface area contributed by atoms with Crippen molar-refractivity contribution in [3.63, 3.8) is 0 Å². The van der Waals surface area contributed by atoms with Gasteiger partial charge in [0.25, 0.3) is 0 Å². The Labute approximate surface area is 155 Å². The van der Waals surface area contributed by atoms with Gasteiger partial charge < -0.3 is 9.73 Å². The summed E-state index contributed by atoms with van der Waals surface area (Å²) < 4.78 is 7.56. The van der Waals surface area contributed by atoms with E-state index in [9.17, 15) is 0 Å². The van der Waals surface area contributed by atoms with Gasteiger partial charge in [-0.25, -0.2) is 4.68 Å². The number of nitrogens with one attached hydrogen (secondary N) is 1. The van der Waals surface area contributed by atoms with Gasteiger partial charge in [0.2, 0.25) is 0 Å². The SMILES string of the molecule is CC(C)(C)c1ccc(-n2ncc3c2CCC[C@@H]3NCc2ccco2)cc1. The van der Waals surface area contributed by atoms with Crippen LogP contribution in [0.2, 0.25) is 0 Å². The van der Waals surface area contributed by atoms with Crippen molar-refractivity contribution in [2.45, 2.75) is 58.0 Å². The molecule has 4 heteroatoms. The molecule has 0 saturated heterocycles. The van der Waals surface area contributed by atoms with Crippen molar-refractivity contribution in [1.82, 2.24) is 15.1 Å². The third-order valence-corrected chi connectivity index (χ3v) is 5.26. The lowest BCUT2D eigenvalue weighted by molar-refractivity contribution is 0.415. The standard InChI is InChI=1S/C22H27N3O/c1-22(2,3)16-9-11-17(12-10-16)25-21-8-4-7-20(19(21)15-24-25)23-14-18-6-5-13-26-18/h5-6,9-13,15,20,23H,4,7-8,14H2,1-3H3/t20-/m0/s1. The Bertz CT molecular complexity index is 854. The van der Waals surface area contributed by atoms with Gasteiger partial charge in [-0.3, -0.25) is 0 Å². The van der Waals surface area contributed by atoms with Crippen molar-refractivity contribution in [2.75, 3.05) is 0 Å². The van der Waals surface area contributed by atoms with E-state index in [1.165, 1.54) is 23.2 Å². The number of aromatic nitrogens is 2. The highest BCUT2D eigenvalue weighted by molar-refractivity contribution is 5.40. The van der Waals surface area contributed by atoms with E-state index in [0.717, 1.165) is 30.8 Å². The van der Waals surface area contributed by atoms with Crippen molar-refractivity contribution >= 4 is 0 Å². The summed E-state index contributed by atoms with van der Waals surface area (Å²) in [6.45, 7) is 7.48. The average Bonchev–Trinajstić information content (AvgIpc) is 3.29. The zero-order valence-corrected chi connectivity index (χ0v) is 15.8. The molecule has 4 nitrogen and oxygen atoms in total. The van der Waals surface area contributed by atoms with Crippen LogP contribution in [0.25, 0.3) is 5.69 Å². The molecular weight excluding hydrogens is 322 g/mol. The molecule has 1 atom stereocenters. The summed E-state index contributed by atoms with van der Waals surface area (Å²) in [4.78, 5) is 0. The summed E-state index contributed by atoms with van der Waals surface area (Å²) in [5, 5.41) is 8.34. The van der Waals surface area contributed by atoms with Crippen molar-refractivity contribution in [1.29, 1.82) is 0 Å². The molecule has 0 bridgehead atoms. The van der Waals surface area contributed by atoms with Gasteiger partial charge in [-0.2, -0.15) is 5.10 Å². The Hall–Kier alpha value is -2.33. The van der Waals surface area contributed by atoms with Crippen molar-refractivity contribution < 1.29 is 4.42 Å². The van der Waals surface area contributed by atoms with Crippen LogP contribution in [0.3, 0.4) is 0 Å². The topological polar surface area (TPSA) is 43.0 Å². The van der Waals surface area contributed by atoms with Crippen LogP contribution >= 0.6 is 0 Å². The fourth-order valence-corrected chi connectivity index (χ4v) is 3.73. The summed E-state index contributed by atoms with van der Waals surface area (Å²) in [5.74, 6) is 0.974. The molecule has 2 heterocycles. The van der Waals surface area contributed by atoms with E-state index in [4.69, 9.17) is 9.52 Å². The van der Waals surface area contributed by atoms with Crippen LogP contribution < -0.4 is 5.32 Å². The molecule has 0 amide bonds. The highest BCUT2D eigenvalue weighted by Crippen LogP contribution is 2.32. The molecular formula is C22H27N3O. The normalized spacial score (nSPS) is 17.3. The van der Waals surface area contributed by atoms with E-state index < -0.39 is 0 Å². The van der Waals surface area contributed by atoms with E-state index in [-0.39, 0.29) is 5.41 Å². The molecule has 0 aliphatic heterocycles. The van der Waals surface area contributed by atoms with Crippen LogP contribution in [0.1, 0.15) is 62.2 Å². The van der Waals surface area contributed by atoms with Gasteiger partial charge in [0.05, 0.1) is 24.7 Å². The number of nitrogens with zero attached hydrogens (tertiary/aromatic N) is 2. The first-order valence-corrected chi connectivity index (χ1v) is 9.46. The van der Waals surface area contributed by atoms with E-state index in [1.807, 2.05) is 18.3 Å². The maximum atomic E-state index is 5.44. The first-order chi connectivity index (χ1) is 12.5. The molecule has 1 N–H and O–H groups in total. The average molecular weight is 349 g/mol. The van der Waals surface area contributed by atoms with Crippen LogP contribution in [0, 0.1) is 0 Å². The largest absolute Gasteiger partial charge is 0.468 e. The molecule has 2 aromatic heterocycles. The number of furan rings is 1. The van der Waals surface area contributed by atoms with Crippen molar-refractivity contribution in [3.8, 4) is 5.69 Å². The predicted octanol–water partition coefficient (Wildman–Crippen LogP) is 4.93. The summed E-state index contributed by atoms with van der Waals surface area (Å²) in [6, 6.07) is 13.1. The fraction of sp³-hybridized carbons (Fsp3) is 0.409. The molecule has 1 aliphatic rings. The summed E-state index contributed by atoms with van der Waals surface area (Å²) >= 11 is 0. The van der Waals surface area contributed by atoms with Gasteiger partial charge in [0, 0.05) is 17.3 Å². The number of fused-ring (bicyclic) bond motifs is 1. The van der Waals surface area contributed by atoms with Gasteiger partial charge in [0.1, 0.15) is 5.76 Å². The molecule has 0 fully saturated rings. The Kier molecular flexibility index (Phi) is 4.45. The molecule has 26 heavy (non-hydrogen) atoms. The minimum Gasteiger partial charge on any atom is -0.468 e. The van der Waals surface area contributed by atoms with E-state index in [1.54, 1.807) is 6.26 Å². The lowest BCUT2D eigenvalue weighted by Gasteiger charge is -2.24. The van der Waals surface area contributed by atoms with Gasteiger partial charge in [0.15, 0.2) is 0 Å². The first kappa shape index (κ1) is 17.1. The number of hydrogen-bond donors (Lipinski definition) is 1. The Morgan fingerprint density at radius 2 is 2.00 bits per heavy atom. The molecule has 1 aliphatic carbocycles. The first-order valence-electron chi connectivity index (χ1n) is 9.46. The van der Waals surface area contributed by atoms with Crippen LogP contribution in [0.5, 0.6) is 0 Å². The van der Waals surface area contributed by atoms with Crippen molar-refractivity contribution in [3.05, 3.63) is 71.4 Å². The van der Waals surface area contributed by atoms with E-state index >= 15 is 0 Å². The second-order valence-corrected chi connectivity index (χ2v) is 8.16. The van der Waals surface area contributed by atoms with Gasteiger partial charge >= 0.3 is 0 Å². The summed E-state index contributed by atoms with van der Waals surface area (Å²) in [5.41, 5.74) is 5.31. The third kappa shape index (κ3) is 3.34. The molecule has 4 rings (SSSR count). The van der Waals surface area contributed by atoms with Crippen LogP contribution in [0.4, 0.5) is 0 Å². The van der Waals surface area contributed by atoms with Crippen LogP contribution in [-0.4, -0.2) is 9.78 Å². The van der Waals surface area contributed by atoms with E-state index in [0.29, 0.717) is 6.04 Å². The maximum absolute atomic E-state index is 5.44. The second-order valence-electron chi connectivity index (χ2n) is 8.16. The van der Waals surface area contributed by atoms with Crippen molar-refractivity contribution in [2.24, 2.45) is 0 Å². The summed E-state index contributed by atoms with van der Waals surface area (Å²) in [7, 11) is 0. The van der Waals surface area contributed by atoms with Crippen LogP contribution in [0.15, 0.2) is 53.3 Å².